The Balaban J connectivity index is 1.94. The fourth-order valence-electron chi connectivity index (χ4n) is 2.51. The summed E-state index contributed by atoms with van der Waals surface area (Å²) in [6.07, 6.45) is 1.73. The van der Waals surface area contributed by atoms with Crippen molar-refractivity contribution in [1.82, 2.24) is 9.47 Å². The monoisotopic (exact) mass is 379 g/mol. The van der Waals surface area contributed by atoms with Crippen LogP contribution in [-0.4, -0.2) is 20.9 Å². The van der Waals surface area contributed by atoms with Crippen molar-refractivity contribution >= 4 is 39.7 Å². The largest absolute Gasteiger partial charge is 0.421 e. The first-order valence-corrected chi connectivity index (χ1v) is 8.52. The van der Waals surface area contributed by atoms with Crippen molar-refractivity contribution in [1.29, 1.82) is 0 Å². The van der Waals surface area contributed by atoms with E-state index in [2.05, 4.69) is 6.58 Å². The Bertz CT molecular complexity index is 991. The van der Waals surface area contributed by atoms with Crippen LogP contribution in [0.25, 0.3) is 11.1 Å². The highest BCUT2D eigenvalue weighted by molar-refractivity contribution is 7.16. The van der Waals surface area contributed by atoms with Gasteiger partial charge in [0.15, 0.2) is 5.58 Å². The molecule has 0 fully saturated rings. The second-order valence-electron chi connectivity index (χ2n) is 5.35. The van der Waals surface area contributed by atoms with Gasteiger partial charge in [0.25, 0.3) is 5.69 Å². The Hall–Kier alpha value is -2.42. The van der Waals surface area contributed by atoms with Crippen molar-refractivity contribution in [2.45, 2.75) is 13.2 Å². The van der Waals surface area contributed by atoms with Crippen molar-refractivity contribution in [3.63, 3.8) is 0 Å². The van der Waals surface area contributed by atoms with Gasteiger partial charge in [-0.2, -0.15) is 0 Å². The molecule has 0 amide bonds. The zero-order valence-electron chi connectivity index (χ0n) is 13.1. The van der Waals surface area contributed by atoms with Gasteiger partial charge >= 0.3 is 5.76 Å². The Kier molecular flexibility index (Phi) is 5.03. The molecule has 3 aromatic rings. The lowest BCUT2D eigenvalue weighted by Gasteiger charge is -2.20. The van der Waals surface area contributed by atoms with E-state index in [1.807, 2.05) is 17.0 Å². The highest BCUT2D eigenvalue weighted by Gasteiger charge is 2.16. The molecule has 0 unspecified atom stereocenters. The molecule has 0 saturated carbocycles. The maximum absolute atomic E-state index is 12.2. The summed E-state index contributed by atoms with van der Waals surface area (Å²) in [5, 5.41) is 11.0. The first-order chi connectivity index (χ1) is 12.0. The first kappa shape index (κ1) is 17.4. The number of fused-ring (bicyclic) bond motifs is 1. The smallest absolute Gasteiger partial charge is 0.408 e. The lowest BCUT2D eigenvalue weighted by Crippen LogP contribution is -2.30. The van der Waals surface area contributed by atoms with Gasteiger partial charge < -0.3 is 4.42 Å². The standard InChI is InChI=1S/C16H14ClN3O4S/c1-2-7-18(9-12-4-6-15(17)25-12)10-19-13-8-11(20(22)23)3-5-14(13)24-16(19)21/h2-6,8H,1,7,9-10H2. The average Bonchev–Trinajstić information content (AvgIpc) is 3.10. The Morgan fingerprint density at radius 2 is 2.20 bits per heavy atom. The van der Waals surface area contributed by atoms with Crippen LogP contribution in [0.3, 0.4) is 0 Å². The fourth-order valence-corrected chi connectivity index (χ4v) is 3.64. The van der Waals surface area contributed by atoms with Crippen LogP contribution >= 0.6 is 22.9 Å². The molecule has 0 aliphatic heterocycles. The second kappa shape index (κ2) is 7.22. The molecule has 0 aliphatic rings. The van der Waals surface area contributed by atoms with Crippen LogP contribution in [0.1, 0.15) is 4.88 Å². The second-order valence-corrected chi connectivity index (χ2v) is 7.15. The predicted molar refractivity (Wildman–Crippen MR) is 97.1 cm³/mol. The number of rotatable bonds is 7. The number of hydrogen-bond donors (Lipinski definition) is 0. The van der Waals surface area contributed by atoms with E-state index in [1.54, 1.807) is 6.08 Å². The molecular formula is C16H14ClN3O4S. The van der Waals surface area contributed by atoms with Gasteiger partial charge in [0.05, 0.1) is 21.4 Å². The molecule has 0 N–H and O–H groups in total. The number of oxazole rings is 1. The van der Waals surface area contributed by atoms with Gasteiger partial charge in [0.1, 0.15) is 0 Å². The molecule has 0 bridgehead atoms. The molecule has 1 aromatic carbocycles. The molecule has 9 heteroatoms. The zero-order valence-corrected chi connectivity index (χ0v) is 14.6. The third kappa shape index (κ3) is 3.81. The lowest BCUT2D eigenvalue weighted by atomic mass is 10.3. The third-order valence-corrected chi connectivity index (χ3v) is 4.81. The SMILES string of the molecule is C=CCN(Cc1ccc(Cl)s1)Cn1c(=O)oc2ccc([N+](=O)[O-])cc21. The highest BCUT2D eigenvalue weighted by atomic mass is 35.5. The van der Waals surface area contributed by atoms with Crippen LogP contribution in [-0.2, 0) is 13.2 Å². The summed E-state index contributed by atoms with van der Waals surface area (Å²) >= 11 is 7.42. The minimum Gasteiger partial charge on any atom is -0.408 e. The molecule has 130 valence electrons. The van der Waals surface area contributed by atoms with Gasteiger partial charge in [-0.05, 0) is 18.2 Å². The zero-order chi connectivity index (χ0) is 18.0. The molecule has 0 spiro atoms. The number of nitro benzene ring substituents is 1. The van der Waals surface area contributed by atoms with Crippen LogP contribution < -0.4 is 5.76 Å². The van der Waals surface area contributed by atoms with Gasteiger partial charge in [-0.15, -0.1) is 17.9 Å². The van der Waals surface area contributed by atoms with Gasteiger partial charge in [-0.1, -0.05) is 17.7 Å². The van der Waals surface area contributed by atoms with Crippen molar-refractivity contribution in [3.05, 3.63) is 72.9 Å². The number of thiophene rings is 1. The van der Waals surface area contributed by atoms with Gasteiger partial charge in [-0.25, -0.2) is 4.79 Å². The van der Waals surface area contributed by atoms with E-state index in [-0.39, 0.29) is 12.4 Å². The predicted octanol–water partition coefficient (Wildman–Crippen LogP) is 3.86. The molecule has 3 rings (SSSR count). The van der Waals surface area contributed by atoms with Crippen LogP contribution in [0.2, 0.25) is 4.34 Å². The number of halogens is 1. The van der Waals surface area contributed by atoms with Crippen LogP contribution in [0.15, 0.2) is 52.2 Å². The molecule has 0 atom stereocenters. The van der Waals surface area contributed by atoms with Crippen molar-refractivity contribution in [2.75, 3.05) is 6.54 Å². The maximum Gasteiger partial charge on any atom is 0.421 e. The summed E-state index contributed by atoms with van der Waals surface area (Å²) in [5.74, 6) is -0.561. The summed E-state index contributed by atoms with van der Waals surface area (Å²) in [5.41, 5.74) is 0.605. The summed E-state index contributed by atoms with van der Waals surface area (Å²) < 4.78 is 7.25. The van der Waals surface area contributed by atoms with E-state index >= 15 is 0 Å². The molecule has 0 aliphatic carbocycles. The van der Waals surface area contributed by atoms with Gasteiger partial charge in [0, 0.05) is 30.1 Å². The summed E-state index contributed by atoms with van der Waals surface area (Å²) in [6, 6.07) is 7.82. The number of hydrogen-bond acceptors (Lipinski definition) is 6. The Morgan fingerprint density at radius 3 is 2.84 bits per heavy atom. The van der Waals surface area contributed by atoms with E-state index in [1.165, 1.54) is 34.1 Å². The molecule has 2 aromatic heterocycles. The third-order valence-electron chi connectivity index (χ3n) is 3.60. The number of non-ortho nitro benzene ring substituents is 1. The van der Waals surface area contributed by atoms with Gasteiger partial charge in [0.2, 0.25) is 0 Å². The quantitative estimate of drug-likeness (QED) is 0.353. The van der Waals surface area contributed by atoms with Crippen molar-refractivity contribution in [3.8, 4) is 0 Å². The topological polar surface area (TPSA) is 81.5 Å². The molecule has 25 heavy (non-hydrogen) atoms. The van der Waals surface area contributed by atoms with Crippen LogP contribution in [0.4, 0.5) is 5.69 Å². The van der Waals surface area contributed by atoms with E-state index in [0.29, 0.717) is 28.5 Å². The van der Waals surface area contributed by atoms with E-state index in [0.717, 1.165) is 4.88 Å². The number of nitrogens with zero attached hydrogens (tertiary/aromatic N) is 3. The van der Waals surface area contributed by atoms with Gasteiger partial charge in [-0.3, -0.25) is 19.6 Å². The first-order valence-electron chi connectivity index (χ1n) is 7.33. The van der Waals surface area contributed by atoms with Crippen LogP contribution in [0, 0.1) is 10.1 Å². The molecule has 0 saturated heterocycles. The summed E-state index contributed by atoms with van der Waals surface area (Å²) in [4.78, 5) is 25.7. The molecule has 7 nitrogen and oxygen atoms in total. The normalized spacial score (nSPS) is 11.3. The minimum absolute atomic E-state index is 0.0950. The van der Waals surface area contributed by atoms with E-state index in [9.17, 15) is 14.9 Å². The number of benzene rings is 1. The van der Waals surface area contributed by atoms with Crippen molar-refractivity contribution < 1.29 is 9.34 Å². The minimum atomic E-state index is -0.561. The van der Waals surface area contributed by atoms with E-state index in [4.69, 9.17) is 16.0 Å². The van der Waals surface area contributed by atoms with E-state index < -0.39 is 10.7 Å². The maximum atomic E-state index is 12.2. The Morgan fingerprint density at radius 1 is 1.40 bits per heavy atom. The summed E-state index contributed by atoms with van der Waals surface area (Å²) in [6.45, 7) is 5.05. The molecule has 2 heterocycles. The van der Waals surface area contributed by atoms with Crippen LogP contribution in [0.5, 0.6) is 0 Å². The average molecular weight is 380 g/mol. The number of nitro groups is 1. The molecular weight excluding hydrogens is 366 g/mol. The number of aromatic nitrogens is 1. The summed E-state index contributed by atoms with van der Waals surface area (Å²) in [7, 11) is 0. The highest BCUT2D eigenvalue weighted by Crippen LogP contribution is 2.24. The lowest BCUT2D eigenvalue weighted by molar-refractivity contribution is -0.384. The Labute approximate surface area is 151 Å². The fraction of sp³-hybridized carbons (Fsp3) is 0.188. The van der Waals surface area contributed by atoms with Crippen molar-refractivity contribution in [2.24, 2.45) is 0 Å². The molecule has 0 radical (unpaired) electrons.